The van der Waals surface area contributed by atoms with E-state index in [9.17, 15) is 4.79 Å². The predicted octanol–water partition coefficient (Wildman–Crippen LogP) is 1.62. The molecule has 0 spiro atoms. The number of rotatable bonds is 0. The molecule has 2 fully saturated rings. The van der Waals surface area contributed by atoms with Crippen molar-refractivity contribution < 1.29 is 4.79 Å². The molecule has 3 atom stereocenters. The summed E-state index contributed by atoms with van der Waals surface area (Å²) < 4.78 is 0. The second-order valence-electron chi connectivity index (χ2n) is 3.46. The van der Waals surface area contributed by atoms with Gasteiger partial charge in [0.1, 0.15) is 5.78 Å². The first-order valence-electron chi connectivity index (χ1n) is 3.83. The van der Waals surface area contributed by atoms with Gasteiger partial charge in [0.15, 0.2) is 0 Å². The largest absolute Gasteiger partial charge is 0.299 e. The van der Waals surface area contributed by atoms with Gasteiger partial charge in [-0.15, -0.1) is 0 Å². The van der Waals surface area contributed by atoms with Gasteiger partial charge in [0, 0.05) is 11.8 Å². The summed E-state index contributed by atoms with van der Waals surface area (Å²) in [6.45, 7) is 2.09. The maximum Gasteiger partial charge on any atom is 0.139 e. The molecule has 0 aliphatic heterocycles. The highest BCUT2D eigenvalue weighted by Gasteiger charge is 2.43. The van der Waals surface area contributed by atoms with Crippen LogP contribution in [-0.2, 0) is 4.79 Å². The summed E-state index contributed by atoms with van der Waals surface area (Å²) in [5, 5.41) is 0. The van der Waals surface area contributed by atoms with E-state index in [1.54, 1.807) is 0 Å². The highest BCUT2D eigenvalue weighted by atomic mass is 16.1. The molecule has 2 bridgehead atoms. The van der Waals surface area contributed by atoms with E-state index in [1.807, 2.05) is 0 Å². The maximum absolute atomic E-state index is 11.2. The molecule has 2 aliphatic rings. The van der Waals surface area contributed by atoms with Crippen molar-refractivity contribution in [2.45, 2.75) is 26.2 Å². The molecular weight excluding hydrogens is 112 g/mol. The summed E-state index contributed by atoms with van der Waals surface area (Å²) >= 11 is 0. The van der Waals surface area contributed by atoms with E-state index in [0.29, 0.717) is 17.6 Å². The molecule has 2 saturated carbocycles. The molecule has 0 aromatic rings. The number of fused-ring (bicyclic) bond motifs is 2. The van der Waals surface area contributed by atoms with Crippen LogP contribution in [0.2, 0.25) is 0 Å². The summed E-state index contributed by atoms with van der Waals surface area (Å²) in [7, 11) is 0. The maximum atomic E-state index is 11.2. The lowest BCUT2D eigenvalue weighted by Crippen LogP contribution is -2.18. The zero-order valence-corrected chi connectivity index (χ0v) is 5.76. The van der Waals surface area contributed by atoms with Crippen LogP contribution in [0.1, 0.15) is 26.2 Å². The van der Waals surface area contributed by atoms with E-state index < -0.39 is 0 Å². The van der Waals surface area contributed by atoms with Crippen molar-refractivity contribution in [2.24, 2.45) is 17.8 Å². The summed E-state index contributed by atoms with van der Waals surface area (Å²) in [6.07, 6.45) is 3.71. The molecule has 1 nitrogen and oxygen atoms in total. The molecule has 0 amide bonds. The van der Waals surface area contributed by atoms with Gasteiger partial charge in [-0.1, -0.05) is 6.92 Å². The van der Waals surface area contributed by atoms with Gasteiger partial charge in [-0.25, -0.2) is 0 Å². The van der Waals surface area contributed by atoms with Crippen LogP contribution in [0, 0.1) is 17.8 Å². The minimum Gasteiger partial charge on any atom is -0.299 e. The number of hydrogen-bond acceptors (Lipinski definition) is 1. The monoisotopic (exact) mass is 124 g/mol. The topological polar surface area (TPSA) is 17.1 Å². The molecule has 9 heavy (non-hydrogen) atoms. The van der Waals surface area contributed by atoms with Crippen LogP contribution in [0.4, 0.5) is 0 Å². The Hall–Kier alpha value is -0.330. The predicted molar refractivity (Wildman–Crippen MR) is 35.0 cm³/mol. The van der Waals surface area contributed by atoms with Crippen molar-refractivity contribution >= 4 is 5.78 Å². The van der Waals surface area contributed by atoms with E-state index in [4.69, 9.17) is 0 Å². The summed E-state index contributed by atoms with van der Waals surface area (Å²) in [5.41, 5.74) is 0. The molecule has 50 valence electrons. The summed E-state index contributed by atoms with van der Waals surface area (Å²) in [4.78, 5) is 11.2. The number of Topliss-reactive ketones (excluding diaryl/α,β-unsaturated/α-hetero) is 1. The molecule has 0 unspecified atom stereocenters. The Bertz CT molecular complexity index is 147. The van der Waals surface area contributed by atoms with Gasteiger partial charge in [-0.3, -0.25) is 4.79 Å². The Balaban J connectivity index is 2.25. The molecule has 0 saturated heterocycles. The highest BCUT2D eigenvalue weighted by Crippen LogP contribution is 2.45. The fourth-order valence-corrected chi connectivity index (χ4v) is 2.33. The number of carbonyl (C=O) groups is 1. The third-order valence-corrected chi connectivity index (χ3v) is 3.03. The van der Waals surface area contributed by atoms with Crippen molar-refractivity contribution in [1.82, 2.24) is 0 Å². The van der Waals surface area contributed by atoms with E-state index in [2.05, 4.69) is 6.92 Å². The number of ketones is 1. The quantitative estimate of drug-likeness (QED) is 0.479. The molecule has 0 radical (unpaired) electrons. The Morgan fingerprint density at radius 3 is 2.56 bits per heavy atom. The molecular formula is C8H12O. The second-order valence-corrected chi connectivity index (χ2v) is 3.46. The van der Waals surface area contributed by atoms with Crippen LogP contribution < -0.4 is 0 Å². The highest BCUT2D eigenvalue weighted by molar-refractivity contribution is 5.86. The van der Waals surface area contributed by atoms with Crippen molar-refractivity contribution in [3.63, 3.8) is 0 Å². The van der Waals surface area contributed by atoms with Crippen LogP contribution in [-0.4, -0.2) is 5.78 Å². The van der Waals surface area contributed by atoms with Crippen LogP contribution >= 0.6 is 0 Å². The lowest BCUT2D eigenvalue weighted by molar-refractivity contribution is -0.125. The number of carbonyl (C=O) groups excluding carboxylic acids is 1. The second kappa shape index (κ2) is 1.59. The van der Waals surface area contributed by atoms with Crippen molar-refractivity contribution in [3.05, 3.63) is 0 Å². The van der Waals surface area contributed by atoms with Gasteiger partial charge in [-0.2, -0.15) is 0 Å². The zero-order chi connectivity index (χ0) is 6.43. The van der Waals surface area contributed by atoms with Gasteiger partial charge in [-0.05, 0) is 25.2 Å². The van der Waals surface area contributed by atoms with Crippen LogP contribution in [0.5, 0.6) is 0 Å². The van der Waals surface area contributed by atoms with Crippen molar-refractivity contribution in [3.8, 4) is 0 Å². The molecule has 0 aromatic heterocycles. The zero-order valence-electron chi connectivity index (χ0n) is 5.76. The van der Waals surface area contributed by atoms with Crippen LogP contribution in [0.25, 0.3) is 0 Å². The molecule has 1 heteroatoms. The van der Waals surface area contributed by atoms with E-state index in [1.165, 1.54) is 19.3 Å². The Kier molecular flexibility index (Phi) is 0.961. The van der Waals surface area contributed by atoms with Crippen molar-refractivity contribution in [2.75, 3.05) is 0 Å². The Morgan fingerprint density at radius 2 is 2.22 bits per heavy atom. The van der Waals surface area contributed by atoms with Gasteiger partial charge in [0.05, 0.1) is 0 Å². The lowest BCUT2D eigenvalue weighted by atomic mass is 9.89. The summed E-state index contributed by atoms with van der Waals surface area (Å²) in [6, 6.07) is 0. The molecule has 2 aliphatic carbocycles. The lowest BCUT2D eigenvalue weighted by Gasteiger charge is -2.14. The average molecular weight is 124 g/mol. The van der Waals surface area contributed by atoms with E-state index in [-0.39, 0.29) is 0 Å². The molecule has 0 heterocycles. The Morgan fingerprint density at radius 1 is 1.44 bits per heavy atom. The van der Waals surface area contributed by atoms with Gasteiger partial charge < -0.3 is 0 Å². The third kappa shape index (κ3) is 0.577. The minimum atomic E-state index is 0.406. The molecule has 0 aromatic carbocycles. The first kappa shape index (κ1) is 5.45. The molecule has 2 rings (SSSR count). The third-order valence-electron chi connectivity index (χ3n) is 3.03. The van der Waals surface area contributed by atoms with Gasteiger partial charge in [0.2, 0.25) is 0 Å². The van der Waals surface area contributed by atoms with Crippen LogP contribution in [0.15, 0.2) is 0 Å². The van der Waals surface area contributed by atoms with E-state index >= 15 is 0 Å². The SMILES string of the molecule is C[C@@H]1C(=O)[C@H]2CC[C@@H]1C2. The van der Waals surface area contributed by atoms with Gasteiger partial charge in [0.25, 0.3) is 0 Å². The Labute approximate surface area is 55.4 Å². The molecule has 0 N–H and O–H groups in total. The normalized spacial score (nSPS) is 48.6. The fourth-order valence-electron chi connectivity index (χ4n) is 2.33. The summed E-state index contributed by atoms with van der Waals surface area (Å²) in [5.74, 6) is 2.20. The fraction of sp³-hybridized carbons (Fsp3) is 0.875. The standard InChI is InChI=1S/C8H12O/c1-5-6-2-3-7(4-6)8(5)9/h5-7H,2-4H2,1H3/t5-,6+,7-/m0/s1. The average Bonchev–Trinajstić information content (AvgIpc) is 2.37. The van der Waals surface area contributed by atoms with Crippen molar-refractivity contribution in [1.29, 1.82) is 0 Å². The van der Waals surface area contributed by atoms with E-state index in [0.717, 1.165) is 5.92 Å². The first-order valence-corrected chi connectivity index (χ1v) is 3.83. The minimum absolute atomic E-state index is 0.406. The first-order chi connectivity index (χ1) is 4.29. The van der Waals surface area contributed by atoms with Crippen LogP contribution in [0.3, 0.4) is 0 Å². The smallest absolute Gasteiger partial charge is 0.139 e. The number of hydrogen-bond donors (Lipinski definition) is 0. The van der Waals surface area contributed by atoms with Gasteiger partial charge >= 0.3 is 0 Å².